The summed E-state index contributed by atoms with van der Waals surface area (Å²) in [5, 5.41) is 52.5. The molecule has 3 heterocycles. The average Bonchev–Trinajstić information content (AvgIpc) is 3.45. The molecule has 1 unspecified atom stereocenters. The molecule has 2 saturated heterocycles. The molecule has 19 nitrogen and oxygen atoms in total. The van der Waals surface area contributed by atoms with Gasteiger partial charge in [-0.05, 0) is 107 Å². The van der Waals surface area contributed by atoms with Gasteiger partial charge >= 0.3 is 5.97 Å². The van der Waals surface area contributed by atoms with Crippen molar-refractivity contribution in [3.05, 3.63) is 47.6 Å². The van der Waals surface area contributed by atoms with Gasteiger partial charge in [-0.1, -0.05) is 64.2 Å². The lowest BCUT2D eigenvalue weighted by atomic mass is 9.81. The monoisotopic (exact) mass is 1110 g/mol. The third-order valence-electron chi connectivity index (χ3n) is 15.9. The summed E-state index contributed by atoms with van der Waals surface area (Å²) in [5.74, 6) is -8.24. The average molecular weight is 1110 g/mol. The zero-order valence-corrected chi connectivity index (χ0v) is 47.8. The number of aliphatic hydroxyl groups is 5. The maximum Gasteiger partial charge on any atom is 0.329 e. The molecular formula is C59H95NO18. The van der Waals surface area contributed by atoms with Crippen LogP contribution in [-0.2, 0) is 61.9 Å². The number of fused-ring (bicyclic) bond motifs is 3. The smallest absolute Gasteiger partial charge is 0.329 e. The van der Waals surface area contributed by atoms with Crippen molar-refractivity contribution in [3.63, 3.8) is 0 Å². The molecule has 4 rings (SSSR count). The van der Waals surface area contributed by atoms with E-state index in [-0.39, 0.29) is 127 Å². The van der Waals surface area contributed by atoms with Crippen molar-refractivity contribution in [2.45, 2.75) is 180 Å². The summed E-state index contributed by atoms with van der Waals surface area (Å²) in [4.78, 5) is 72.4. The lowest BCUT2D eigenvalue weighted by Gasteiger charge is -2.42. The fourth-order valence-electron chi connectivity index (χ4n) is 11.0. The van der Waals surface area contributed by atoms with Crippen molar-refractivity contribution < 1.29 is 87.4 Å². The minimum absolute atomic E-state index is 0.0371. The number of hydrogen-bond donors (Lipinski definition) is 5. The molecule has 1 amide bonds. The maximum absolute atomic E-state index is 14.5. The van der Waals surface area contributed by atoms with Gasteiger partial charge in [-0.25, -0.2) is 4.79 Å². The summed E-state index contributed by atoms with van der Waals surface area (Å²) in [7, 11) is 2.92. The summed E-state index contributed by atoms with van der Waals surface area (Å²) in [5.41, 5.74) is 1.16. The summed E-state index contributed by atoms with van der Waals surface area (Å²) in [6.45, 7) is 11.9. The van der Waals surface area contributed by atoms with E-state index < -0.39 is 83.9 Å². The largest absolute Gasteiger partial charge is 0.460 e. The third-order valence-corrected chi connectivity index (χ3v) is 15.9. The molecule has 5 N–H and O–H groups in total. The molecule has 0 spiro atoms. The molecule has 444 valence electrons. The lowest BCUT2D eigenvalue weighted by Crippen LogP contribution is -2.60. The summed E-state index contributed by atoms with van der Waals surface area (Å²) >= 11 is 0. The van der Waals surface area contributed by atoms with E-state index in [2.05, 4.69) is 0 Å². The van der Waals surface area contributed by atoms with E-state index >= 15 is 0 Å². The second-order valence-corrected chi connectivity index (χ2v) is 22.2. The lowest BCUT2D eigenvalue weighted by molar-refractivity contribution is -0.266. The standard InChI is InChI=1S/C59H95NO18/c1-38-14-10-9-11-15-39(2)51(76-29-28-75-37-45(35-73-26-24-61)36-74-27-25-62)34-47-20-17-43(6)59(70,78-47)56(67)57(68)60-23-13-12-16-48(60)58(69)77-46(21-18-44-19-22-49(63)52(32-44)71-7)33-50(64)40(3)31-42(5)54(66)55(72-8)53(65)41(4)30-38/h9-11,14-15,31,38,40-41,43-49,51-52,54-55,61-63,66,70H,12-13,16-30,32-37H2,1-8H3/b11-9+,14-10+,39-15+,42-31+/t38-,40-,41-,43-,44-,46-,47+,48+,49-,51?,52-,54-,55+,59-/m1/s1. The number of ether oxygens (including phenoxy) is 8. The van der Waals surface area contributed by atoms with Gasteiger partial charge in [-0.2, -0.15) is 0 Å². The van der Waals surface area contributed by atoms with Crippen molar-refractivity contribution in [1.82, 2.24) is 4.90 Å². The molecule has 0 aromatic rings. The second kappa shape index (κ2) is 34.7. The number of hydrogen-bond acceptors (Lipinski definition) is 18. The van der Waals surface area contributed by atoms with Gasteiger partial charge in [0, 0.05) is 57.3 Å². The summed E-state index contributed by atoms with van der Waals surface area (Å²) in [6.07, 6.45) is 10.5. The Kier molecular flexibility index (Phi) is 29.7. The molecule has 0 aromatic heterocycles. The first-order chi connectivity index (χ1) is 37.3. The van der Waals surface area contributed by atoms with Crippen molar-refractivity contribution in [3.8, 4) is 0 Å². The van der Waals surface area contributed by atoms with Crippen LogP contribution in [0.3, 0.4) is 0 Å². The van der Waals surface area contributed by atoms with Crippen LogP contribution in [0.2, 0.25) is 0 Å². The number of piperidine rings is 1. The minimum atomic E-state index is -2.52. The number of amides is 1. The van der Waals surface area contributed by atoms with E-state index in [4.69, 9.17) is 37.9 Å². The van der Waals surface area contributed by atoms with Gasteiger partial charge in [-0.3, -0.25) is 19.2 Å². The Morgan fingerprint density at radius 3 is 2.13 bits per heavy atom. The number of carbonyl (C=O) groups excluding carboxylic acids is 5. The Morgan fingerprint density at radius 2 is 1.46 bits per heavy atom. The van der Waals surface area contributed by atoms with Crippen LogP contribution in [-0.4, -0.2) is 194 Å². The Balaban J connectivity index is 1.66. The molecule has 1 saturated carbocycles. The number of cyclic esters (lactones) is 1. The number of rotatable bonds is 19. The Labute approximate surface area is 463 Å². The van der Waals surface area contributed by atoms with Gasteiger partial charge in [0.25, 0.3) is 11.7 Å². The van der Waals surface area contributed by atoms with Crippen molar-refractivity contribution in [2.75, 3.05) is 80.2 Å². The van der Waals surface area contributed by atoms with Gasteiger partial charge in [-0.15, -0.1) is 0 Å². The van der Waals surface area contributed by atoms with Crippen LogP contribution in [0.4, 0.5) is 0 Å². The van der Waals surface area contributed by atoms with Crippen LogP contribution in [0, 0.1) is 35.5 Å². The Morgan fingerprint density at radius 1 is 0.769 bits per heavy atom. The molecule has 19 heteroatoms. The number of Topliss-reactive ketones (excluding diaryl/α,β-unsaturated/α-hetero) is 3. The second-order valence-electron chi connectivity index (χ2n) is 22.2. The van der Waals surface area contributed by atoms with E-state index in [1.807, 2.05) is 44.2 Å². The van der Waals surface area contributed by atoms with Crippen LogP contribution >= 0.6 is 0 Å². The zero-order chi connectivity index (χ0) is 57.4. The highest BCUT2D eigenvalue weighted by molar-refractivity contribution is 6.39. The van der Waals surface area contributed by atoms with Gasteiger partial charge in [0.2, 0.25) is 5.79 Å². The van der Waals surface area contributed by atoms with Crippen LogP contribution in [0.25, 0.3) is 0 Å². The van der Waals surface area contributed by atoms with Gasteiger partial charge in [0.1, 0.15) is 30.1 Å². The number of esters is 1. The molecule has 14 atom stereocenters. The summed E-state index contributed by atoms with van der Waals surface area (Å²) < 4.78 is 47.0. The van der Waals surface area contributed by atoms with Crippen molar-refractivity contribution in [2.24, 2.45) is 35.5 Å². The van der Waals surface area contributed by atoms with Gasteiger partial charge in [0.15, 0.2) is 5.78 Å². The fourth-order valence-corrected chi connectivity index (χ4v) is 11.0. The molecule has 1 aliphatic carbocycles. The molecule has 0 aromatic carbocycles. The SMILES string of the molecule is CO[C@@H]1C[C@H](CC[C@@H]2CC(=O)[C@H](C)/C=C(\C)[C@@H](O)[C@@H](OC)C(=O)[C@H](C)C[C@H](C)/C=C/C=C/C=C(\C)C(OCCOCC(COCCO)COCCO)C[C@@H]3CC[C@@H](C)[C@@](O)(O3)C(=O)C(=O)N3CCCC[C@H]3C(=O)O2)CC[C@H]1O. The van der Waals surface area contributed by atoms with Gasteiger partial charge < -0.3 is 68.3 Å². The molecule has 78 heavy (non-hydrogen) atoms. The number of ketones is 3. The van der Waals surface area contributed by atoms with Crippen LogP contribution in [0.5, 0.6) is 0 Å². The van der Waals surface area contributed by atoms with Gasteiger partial charge in [0.05, 0.1) is 83.9 Å². The molecule has 3 fully saturated rings. The quantitative estimate of drug-likeness (QED) is 0.0496. The number of aliphatic hydroxyl groups excluding tert-OH is 4. The number of nitrogens with zero attached hydrogens (tertiary/aromatic N) is 1. The highest BCUT2D eigenvalue weighted by Gasteiger charge is 2.53. The zero-order valence-electron chi connectivity index (χ0n) is 47.8. The Bertz CT molecular complexity index is 1980. The summed E-state index contributed by atoms with van der Waals surface area (Å²) in [6, 6.07) is -1.18. The Hall–Kier alpha value is -3.57. The van der Waals surface area contributed by atoms with E-state index in [9.17, 15) is 49.5 Å². The minimum Gasteiger partial charge on any atom is -0.460 e. The highest BCUT2D eigenvalue weighted by atomic mass is 16.6. The first-order valence-electron chi connectivity index (χ1n) is 28.5. The molecule has 3 aliphatic heterocycles. The van der Waals surface area contributed by atoms with E-state index in [1.165, 1.54) is 12.0 Å². The van der Waals surface area contributed by atoms with Crippen LogP contribution in [0.15, 0.2) is 47.6 Å². The predicted octanol–water partition coefficient (Wildman–Crippen LogP) is 4.96. The normalized spacial score (nSPS) is 35.3. The molecule has 0 radical (unpaired) electrons. The van der Waals surface area contributed by atoms with Crippen LogP contribution < -0.4 is 0 Å². The molecule has 4 aliphatic rings. The fraction of sp³-hybridized carbons (Fsp3) is 0.780. The third kappa shape index (κ3) is 20.8. The first-order valence-corrected chi connectivity index (χ1v) is 28.5. The predicted molar refractivity (Wildman–Crippen MR) is 290 cm³/mol. The van der Waals surface area contributed by atoms with Crippen LogP contribution in [0.1, 0.15) is 125 Å². The van der Waals surface area contributed by atoms with E-state index in [0.29, 0.717) is 63.4 Å². The first kappa shape index (κ1) is 66.9. The van der Waals surface area contributed by atoms with E-state index in [1.54, 1.807) is 40.9 Å². The topological polar surface area (TPSA) is 264 Å². The van der Waals surface area contributed by atoms with E-state index in [0.717, 1.165) is 5.57 Å². The number of carbonyl (C=O) groups is 5. The van der Waals surface area contributed by atoms with Crippen molar-refractivity contribution in [1.29, 1.82) is 0 Å². The molecular weight excluding hydrogens is 1010 g/mol. The highest BCUT2D eigenvalue weighted by Crippen LogP contribution is 2.37. The number of methoxy groups -OCH3 is 2. The molecule has 2 bridgehead atoms. The maximum atomic E-state index is 14.5. The number of allylic oxidation sites excluding steroid dienone is 6. The van der Waals surface area contributed by atoms with Crippen molar-refractivity contribution >= 4 is 29.2 Å².